The zero-order valence-corrected chi connectivity index (χ0v) is 43.2. The summed E-state index contributed by atoms with van der Waals surface area (Å²) >= 11 is 0. The Balaban J connectivity index is 1.53. The van der Waals surface area contributed by atoms with Crippen LogP contribution in [0.5, 0.6) is 0 Å². The summed E-state index contributed by atoms with van der Waals surface area (Å²) in [5, 5.41) is 80.0. The van der Waals surface area contributed by atoms with Crippen LogP contribution in [-0.4, -0.2) is 170 Å². The smallest absolute Gasteiger partial charge is 0.410 e. The van der Waals surface area contributed by atoms with Crippen LogP contribution in [0.3, 0.4) is 0 Å². The Morgan fingerprint density at radius 3 is 1.84 bits per heavy atom. The molecule has 5 rings (SSSR count). The van der Waals surface area contributed by atoms with Crippen molar-refractivity contribution in [3.05, 3.63) is 91.7 Å². The minimum absolute atomic E-state index is 0.00883. The molecule has 76 heavy (non-hydrogen) atoms. The Morgan fingerprint density at radius 1 is 0.816 bits per heavy atom. The molecule has 420 valence electrons. The monoisotopic (exact) mass is 1080 g/mol. The fraction of sp³-hybridized carbons (Fsp3) is 0.604. The highest BCUT2D eigenvalue weighted by atomic mass is 16.7. The first-order valence-electron chi connectivity index (χ1n) is 24.1. The van der Waals surface area contributed by atoms with Gasteiger partial charge in [-0.1, -0.05) is 0 Å². The number of ether oxygens (including phenoxy) is 7. The lowest BCUT2D eigenvalue weighted by molar-refractivity contribution is -0.385. The van der Waals surface area contributed by atoms with E-state index in [1.807, 2.05) is 0 Å². The van der Waals surface area contributed by atoms with Gasteiger partial charge < -0.3 is 85.5 Å². The molecular formula is C48H68N8O20. The number of hydrogen-bond acceptors (Lipinski definition) is 21. The molecule has 10 N–H and O–H groups in total. The van der Waals surface area contributed by atoms with Crippen molar-refractivity contribution in [2.75, 3.05) is 26.7 Å². The van der Waals surface area contributed by atoms with Crippen molar-refractivity contribution in [2.24, 2.45) is 11.7 Å². The van der Waals surface area contributed by atoms with Gasteiger partial charge in [0.05, 0.1) is 53.8 Å². The second-order valence-corrected chi connectivity index (χ2v) is 20.7. The second kappa shape index (κ2) is 25.3. The van der Waals surface area contributed by atoms with E-state index in [1.54, 1.807) is 47.6 Å². The van der Waals surface area contributed by atoms with Crippen molar-refractivity contribution in [1.29, 1.82) is 0 Å². The van der Waals surface area contributed by atoms with Gasteiger partial charge >= 0.3 is 24.4 Å². The highest BCUT2D eigenvalue weighted by molar-refractivity contribution is 5.82. The number of amides is 5. The predicted molar refractivity (Wildman–Crippen MR) is 262 cm³/mol. The molecule has 0 spiro atoms. The van der Waals surface area contributed by atoms with E-state index in [9.17, 15) is 64.6 Å². The third-order valence-electron chi connectivity index (χ3n) is 12.2. The number of benzene rings is 2. The van der Waals surface area contributed by atoms with E-state index in [2.05, 4.69) is 21.3 Å². The van der Waals surface area contributed by atoms with Crippen LogP contribution in [0.25, 0.3) is 0 Å². The average molecular weight is 1080 g/mol. The first-order chi connectivity index (χ1) is 35.5. The third-order valence-corrected chi connectivity index (χ3v) is 12.2. The molecule has 1 saturated carbocycles. The van der Waals surface area contributed by atoms with Crippen LogP contribution in [-0.2, 0) is 51.2 Å². The summed E-state index contributed by atoms with van der Waals surface area (Å²) in [6.45, 7) is 8.74. The molecule has 2 aromatic carbocycles. The molecule has 5 amide bonds. The van der Waals surface area contributed by atoms with E-state index in [0.29, 0.717) is 11.1 Å². The maximum atomic E-state index is 13.9. The molecule has 1 unspecified atom stereocenters. The minimum atomic E-state index is -1.97. The third kappa shape index (κ3) is 16.5. The molecule has 12 atom stereocenters. The number of nitrogens with one attached hydrogen (secondary N) is 4. The molecule has 3 aliphatic rings. The summed E-state index contributed by atoms with van der Waals surface area (Å²) in [5.41, 5.74) is 2.50. The van der Waals surface area contributed by atoms with Gasteiger partial charge in [-0.3, -0.25) is 25.0 Å². The summed E-state index contributed by atoms with van der Waals surface area (Å²) in [4.78, 5) is 89.2. The number of carbonyl (C=O) groups is 5. The number of likely N-dealkylation sites (N-methyl/N-ethyl adjacent to an activating group) is 1. The SMILES string of the molecule is CN(C(=O)OC(C)(C)C)[C@@H]1[C@@H](O)[C@@H](O[C@@H]2[C@@H](O)[C@H](C3OC(CN)=CC[C@H]3NC(=O)OCc3ccc([N+](=O)[O-])cc3)[C@@H](NC(=O)OCc3ccc([N+](=O)[O-])cc3)C[C@H]2NC(=O)[C@H](O)CNC(=O)OC(C)(C)C)OC[C@]1(C)O. The number of non-ortho nitro benzene ring substituents is 2. The van der Waals surface area contributed by atoms with Crippen LogP contribution in [0, 0.1) is 26.1 Å². The van der Waals surface area contributed by atoms with Crippen LogP contribution in [0.15, 0.2) is 60.4 Å². The number of hydrogen-bond donors (Lipinski definition) is 9. The highest BCUT2D eigenvalue weighted by Crippen LogP contribution is 2.39. The molecule has 2 heterocycles. The highest BCUT2D eigenvalue weighted by Gasteiger charge is 2.56. The van der Waals surface area contributed by atoms with E-state index in [-0.39, 0.29) is 36.7 Å². The fourth-order valence-corrected chi connectivity index (χ4v) is 8.77. The van der Waals surface area contributed by atoms with Gasteiger partial charge in [-0.2, -0.15) is 0 Å². The maximum absolute atomic E-state index is 13.9. The Bertz CT molecular complexity index is 2410. The lowest BCUT2D eigenvalue weighted by Gasteiger charge is -2.52. The minimum Gasteiger partial charge on any atom is -0.491 e. The number of alkyl carbamates (subject to hydrolysis) is 3. The summed E-state index contributed by atoms with van der Waals surface area (Å²) in [6, 6.07) is 4.95. The summed E-state index contributed by atoms with van der Waals surface area (Å²) in [6.07, 6.45) is -13.6. The van der Waals surface area contributed by atoms with E-state index in [0.717, 1.165) is 4.90 Å². The van der Waals surface area contributed by atoms with Crippen molar-refractivity contribution in [2.45, 2.75) is 152 Å². The Labute approximate surface area is 436 Å². The van der Waals surface area contributed by atoms with Gasteiger partial charge in [0, 0.05) is 43.3 Å². The van der Waals surface area contributed by atoms with Gasteiger partial charge in [0.25, 0.3) is 17.3 Å². The van der Waals surface area contributed by atoms with Gasteiger partial charge in [0.15, 0.2) is 6.29 Å². The quantitative estimate of drug-likeness (QED) is 0.0620. The number of carbonyl (C=O) groups excluding carboxylic acids is 5. The summed E-state index contributed by atoms with van der Waals surface area (Å²) in [7, 11) is 1.27. The molecule has 0 radical (unpaired) electrons. The number of aliphatic hydroxyl groups is 4. The molecule has 1 saturated heterocycles. The number of nitrogens with two attached hydrogens (primary N) is 1. The van der Waals surface area contributed by atoms with Gasteiger partial charge in [-0.15, -0.1) is 0 Å². The van der Waals surface area contributed by atoms with Crippen LogP contribution in [0.2, 0.25) is 0 Å². The number of rotatable bonds is 17. The average Bonchev–Trinajstić information content (AvgIpc) is 3.33. The van der Waals surface area contributed by atoms with Gasteiger partial charge in [-0.25, -0.2) is 19.2 Å². The number of aliphatic hydroxyl groups excluding tert-OH is 3. The van der Waals surface area contributed by atoms with E-state index in [1.165, 1.54) is 62.5 Å². The first-order valence-corrected chi connectivity index (χ1v) is 24.1. The summed E-state index contributed by atoms with van der Waals surface area (Å²) in [5.74, 6) is -2.36. The van der Waals surface area contributed by atoms with Crippen molar-refractivity contribution in [1.82, 2.24) is 26.2 Å². The fourth-order valence-electron chi connectivity index (χ4n) is 8.77. The lowest BCUT2D eigenvalue weighted by Crippen LogP contribution is -2.71. The first kappa shape index (κ1) is 59.9. The zero-order valence-electron chi connectivity index (χ0n) is 43.2. The maximum Gasteiger partial charge on any atom is 0.410 e. The van der Waals surface area contributed by atoms with E-state index in [4.69, 9.17) is 38.9 Å². The molecule has 28 nitrogen and oxygen atoms in total. The van der Waals surface area contributed by atoms with Gasteiger partial charge in [0.2, 0.25) is 0 Å². The molecule has 0 aromatic heterocycles. The molecule has 2 aliphatic heterocycles. The number of nitrogens with zero attached hydrogens (tertiary/aromatic N) is 3. The normalized spacial score (nSPS) is 26.9. The standard InChI is InChI=1S/C48H68N8O20/c1-46(2,3)75-42(61)50-21-33(57)40(60)51-32-19-31(53-44(63)71-23-26-11-15-28(16-12-26)56(68)69)34(35(58)38(32)74-41-36(59)39(48(7,65)24-72-41)54(8)45(64)76-47(4,5)6)37-30(18-17-29(20-49)73-37)52-43(62)70-22-25-9-13-27(14-10-25)55(66)67/h9-17,30-39,41,57-59,65H,18-24,49H2,1-8H3,(H,50,61)(H,51,60)(H,52,62)(H,53,63)/t30-,31+,32-,33-,34-,35+,36-,37?,38+,39-,41-,48+/m1/s1. The predicted octanol–water partition coefficient (Wildman–Crippen LogP) is 1.86. The Hall–Kier alpha value is -6.95. The number of nitro groups is 2. The molecule has 2 aromatic rings. The zero-order chi connectivity index (χ0) is 56.4. The summed E-state index contributed by atoms with van der Waals surface area (Å²) < 4.78 is 40.3. The topological polar surface area (TPSA) is 395 Å². The van der Waals surface area contributed by atoms with Crippen molar-refractivity contribution in [3.63, 3.8) is 0 Å². The molecular weight excluding hydrogens is 1010 g/mol. The molecule has 1 aliphatic carbocycles. The van der Waals surface area contributed by atoms with Gasteiger partial charge in [-0.05, 0) is 103 Å². The molecule has 0 bridgehead atoms. The van der Waals surface area contributed by atoms with Crippen LogP contribution < -0.4 is 27.0 Å². The van der Waals surface area contributed by atoms with Crippen molar-refractivity contribution >= 4 is 41.7 Å². The second-order valence-electron chi connectivity index (χ2n) is 20.7. The lowest BCUT2D eigenvalue weighted by atomic mass is 9.72. The van der Waals surface area contributed by atoms with Crippen molar-refractivity contribution < 1.29 is 87.4 Å². The van der Waals surface area contributed by atoms with E-state index >= 15 is 0 Å². The largest absolute Gasteiger partial charge is 0.491 e. The van der Waals surface area contributed by atoms with Crippen LogP contribution in [0.1, 0.15) is 72.4 Å². The van der Waals surface area contributed by atoms with E-state index < -0.39 is 150 Å². The Kier molecular flexibility index (Phi) is 19.9. The molecule has 28 heteroatoms. The van der Waals surface area contributed by atoms with Gasteiger partial charge in [0.1, 0.15) is 60.2 Å². The van der Waals surface area contributed by atoms with Crippen molar-refractivity contribution in [3.8, 4) is 0 Å². The van der Waals surface area contributed by atoms with Crippen LogP contribution in [0.4, 0.5) is 30.6 Å². The molecule has 2 fully saturated rings. The Morgan fingerprint density at radius 2 is 1.34 bits per heavy atom. The van der Waals surface area contributed by atoms with Crippen LogP contribution >= 0.6 is 0 Å². The number of nitro benzene ring substituents is 2.